The van der Waals surface area contributed by atoms with Crippen LogP contribution in [0.1, 0.15) is 55.6 Å². The number of terminal acetylenes is 1. The van der Waals surface area contributed by atoms with Gasteiger partial charge in [-0.05, 0) is 35.1 Å². The quantitative estimate of drug-likeness (QED) is 0.501. The smallest absolute Gasteiger partial charge is 0.407 e. The summed E-state index contributed by atoms with van der Waals surface area (Å²) in [6, 6.07) is 15.1. The maximum atomic E-state index is 13.1. The Kier molecular flexibility index (Phi) is 7.40. The Hall–Kier alpha value is -3.79. The first-order chi connectivity index (χ1) is 16.9. The highest BCUT2D eigenvalue weighted by Gasteiger charge is 2.41. The molecule has 0 saturated heterocycles. The van der Waals surface area contributed by atoms with Crippen molar-refractivity contribution in [2.24, 2.45) is 5.41 Å². The fourth-order valence-corrected chi connectivity index (χ4v) is 5.23. The molecule has 0 aliphatic heterocycles. The molecule has 1 atom stereocenters. The highest BCUT2D eigenvalue weighted by atomic mass is 16.5. The van der Waals surface area contributed by atoms with Crippen LogP contribution >= 0.6 is 0 Å². The van der Waals surface area contributed by atoms with Crippen LogP contribution in [0.3, 0.4) is 0 Å². The van der Waals surface area contributed by atoms with E-state index in [1.165, 1.54) is 0 Å². The van der Waals surface area contributed by atoms with Gasteiger partial charge in [-0.1, -0.05) is 67.8 Å². The topological polar surface area (TPSA) is 105 Å². The van der Waals surface area contributed by atoms with Crippen molar-refractivity contribution < 1.29 is 24.2 Å². The van der Waals surface area contributed by atoms with E-state index in [4.69, 9.17) is 11.2 Å². The second-order valence-corrected chi connectivity index (χ2v) is 9.29. The number of fused-ring (bicyclic) bond motifs is 3. The molecule has 0 radical (unpaired) electrons. The van der Waals surface area contributed by atoms with Crippen LogP contribution < -0.4 is 10.6 Å². The van der Waals surface area contributed by atoms with Crippen molar-refractivity contribution in [3.05, 3.63) is 59.7 Å². The third-order valence-corrected chi connectivity index (χ3v) is 7.13. The normalized spacial score (nSPS) is 16.8. The molecule has 35 heavy (non-hydrogen) atoms. The predicted molar refractivity (Wildman–Crippen MR) is 132 cm³/mol. The number of hydrogen-bond acceptors (Lipinski definition) is 4. The first-order valence-electron chi connectivity index (χ1n) is 12.0. The number of nitrogens with one attached hydrogen (secondary N) is 2. The molecule has 2 aromatic carbocycles. The third kappa shape index (κ3) is 5.17. The number of alkyl carbamates (subject to hydrolysis) is 1. The first kappa shape index (κ1) is 24.3. The number of carbonyl (C=O) groups is 3. The molecule has 2 aromatic rings. The zero-order valence-electron chi connectivity index (χ0n) is 19.6. The van der Waals surface area contributed by atoms with Crippen LogP contribution in [-0.2, 0) is 14.3 Å². The molecular weight excluding hydrogens is 444 g/mol. The molecule has 182 valence electrons. The molecule has 0 bridgehead atoms. The van der Waals surface area contributed by atoms with E-state index in [0.717, 1.165) is 41.5 Å². The van der Waals surface area contributed by atoms with E-state index in [1.807, 2.05) is 24.3 Å². The van der Waals surface area contributed by atoms with E-state index in [2.05, 4.69) is 40.8 Å². The van der Waals surface area contributed by atoms with Gasteiger partial charge in [0.15, 0.2) is 0 Å². The van der Waals surface area contributed by atoms with Crippen molar-refractivity contribution in [1.82, 2.24) is 10.6 Å². The average Bonchev–Trinajstić information content (AvgIpc) is 3.20. The molecule has 0 spiro atoms. The van der Waals surface area contributed by atoms with E-state index >= 15 is 0 Å². The van der Waals surface area contributed by atoms with E-state index < -0.39 is 29.4 Å². The van der Waals surface area contributed by atoms with Crippen LogP contribution in [0, 0.1) is 17.8 Å². The van der Waals surface area contributed by atoms with Crippen LogP contribution in [0.5, 0.6) is 0 Å². The lowest BCUT2D eigenvalue weighted by molar-refractivity contribution is -0.144. The molecule has 0 heterocycles. The number of aliphatic carboxylic acids is 1. The van der Waals surface area contributed by atoms with Gasteiger partial charge in [-0.2, -0.15) is 0 Å². The lowest BCUT2D eigenvalue weighted by Gasteiger charge is -2.36. The molecule has 2 aliphatic rings. The van der Waals surface area contributed by atoms with E-state index in [1.54, 1.807) is 0 Å². The zero-order chi connectivity index (χ0) is 24.8. The van der Waals surface area contributed by atoms with E-state index in [0.29, 0.717) is 12.8 Å². The highest BCUT2D eigenvalue weighted by molar-refractivity contribution is 5.88. The first-order valence-corrected chi connectivity index (χ1v) is 12.0. The summed E-state index contributed by atoms with van der Waals surface area (Å²) in [6.45, 7) is 0.264. The largest absolute Gasteiger partial charge is 0.480 e. The van der Waals surface area contributed by atoms with Gasteiger partial charge in [0.2, 0.25) is 5.91 Å². The van der Waals surface area contributed by atoms with Crippen molar-refractivity contribution in [2.45, 2.75) is 50.5 Å². The summed E-state index contributed by atoms with van der Waals surface area (Å²) >= 11 is 0. The van der Waals surface area contributed by atoms with Crippen LogP contribution in [0.4, 0.5) is 4.79 Å². The van der Waals surface area contributed by atoms with E-state index in [-0.39, 0.29) is 25.5 Å². The lowest BCUT2D eigenvalue weighted by Crippen LogP contribution is -2.53. The van der Waals surface area contributed by atoms with Crippen molar-refractivity contribution in [3.63, 3.8) is 0 Å². The number of benzene rings is 2. The number of ether oxygens (including phenoxy) is 1. The van der Waals surface area contributed by atoms with Crippen LogP contribution in [0.2, 0.25) is 0 Å². The Morgan fingerprint density at radius 2 is 1.63 bits per heavy atom. The third-order valence-electron chi connectivity index (χ3n) is 7.13. The molecular formula is C28H30N2O5. The zero-order valence-corrected chi connectivity index (χ0v) is 19.6. The minimum Gasteiger partial charge on any atom is -0.480 e. The Labute approximate surface area is 205 Å². The van der Waals surface area contributed by atoms with Gasteiger partial charge in [0.1, 0.15) is 12.6 Å². The molecule has 0 aromatic heterocycles. The number of carboxylic acid groups (broad SMARTS) is 1. The molecule has 1 saturated carbocycles. The van der Waals surface area contributed by atoms with Crippen LogP contribution in [0.25, 0.3) is 11.1 Å². The van der Waals surface area contributed by atoms with Gasteiger partial charge >= 0.3 is 12.1 Å². The van der Waals surface area contributed by atoms with Gasteiger partial charge in [-0.15, -0.1) is 12.3 Å². The van der Waals surface area contributed by atoms with Crippen molar-refractivity contribution in [1.29, 1.82) is 0 Å². The fraction of sp³-hybridized carbons (Fsp3) is 0.393. The number of carbonyl (C=O) groups excluding carboxylic acids is 2. The van der Waals surface area contributed by atoms with Crippen LogP contribution in [-0.4, -0.2) is 42.3 Å². The highest BCUT2D eigenvalue weighted by Crippen LogP contribution is 2.44. The molecule has 2 aliphatic carbocycles. The molecule has 2 amide bonds. The molecule has 4 rings (SSSR count). The molecule has 1 fully saturated rings. The molecule has 1 unspecified atom stereocenters. The minimum atomic E-state index is -1.17. The van der Waals surface area contributed by atoms with Crippen molar-refractivity contribution in [2.75, 3.05) is 13.2 Å². The van der Waals surface area contributed by atoms with Gasteiger partial charge < -0.3 is 20.5 Å². The minimum absolute atomic E-state index is 0.0554. The fourth-order valence-electron chi connectivity index (χ4n) is 5.23. The average molecular weight is 475 g/mol. The van der Waals surface area contributed by atoms with E-state index in [9.17, 15) is 19.5 Å². The second kappa shape index (κ2) is 10.6. The summed E-state index contributed by atoms with van der Waals surface area (Å²) in [5.41, 5.74) is 3.66. The summed E-state index contributed by atoms with van der Waals surface area (Å²) in [5, 5.41) is 14.7. The molecule has 3 N–H and O–H groups in total. The van der Waals surface area contributed by atoms with Crippen molar-refractivity contribution >= 4 is 18.0 Å². The summed E-state index contributed by atoms with van der Waals surface area (Å²) in [5.74, 6) is 0.673. The molecule has 7 heteroatoms. The number of rotatable bonds is 8. The Bertz CT molecular complexity index is 1100. The van der Waals surface area contributed by atoms with Gasteiger partial charge in [0.05, 0.1) is 5.41 Å². The lowest BCUT2D eigenvalue weighted by atomic mass is 9.73. The summed E-state index contributed by atoms with van der Waals surface area (Å²) < 4.78 is 5.61. The Balaban J connectivity index is 1.40. The van der Waals surface area contributed by atoms with Gasteiger partial charge in [-0.25, -0.2) is 9.59 Å². The predicted octanol–water partition coefficient (Wildman–Crippen LogP) is 4.07. The van der Waals surface area contributed by atoms with Gasteiger partial charge in [0, 0.05) is 18.9 Å². The summed E-state index contributed by atoms with van der Waals surface area (Å²) in [7, 11) is 0. The SMILES string of the molecule is C#CCC(NC(=O)C1(CNC(=O)OCC2c3ccccc3-c3ccccc32)CCCCC1)C(=O)O. The Morgan fingerprint density at radius 3 is 2.20 bits per heavy atom. The molecule has 7 nitrogen and oxygen atoms in total. The maximum Gasteiger partial charge on any atom is 0.407 e. The number of hydrogen-bond donors (Lipinski definition) is 3. The van der Waals surface area contributed by atoms with Gasteiger partial charge in [0.25, 0.3) is 0 Å². The standard InChI is InChI=1S/C28H30N2O5/c1-2-10-24(25(31)32)30-26(33)28(15-8-3-9-16-28)18-29-27(34)35-17-23-21-13-6-4-11-19(21)20-12-5-7-14-22(20)23/h1,4-7,11-14,23-24H,3,8-10,15-18H2,(H,29,34)(H,30,33)(H,31,32). The van der Waals surface area contributed by atoms with Gasteiger partial charge in [-0.3, -0.25) is 4.79 Å². The number of carboxylic acids is 1. The summed E-state index contributed by atoms with van der Waals surface area (Å²) in [4.78, 5) is 37.3. The second-order valence-electron chi connectivity index (χ2n) is 9.29. The monoisotopic (exact) mass is 474 g/mol. The maximum absolute atomic E-state index is 13.1. The Morgan fingerprint density at radius 1 is 1.03 bits per heavy atom. The number of amides is 2. The summed E-state index contributed by atoms with van der Waals surface area (Å²) in [6.07, 6.45) is 8.33. The van der Waals surface area contributed by atoms with Crippen LogP contribution in [0.15, 0.2) is 48.5 Å². The van der Waals surface area contributed by atoms with Crippen molar-refractivity contribution in [3.8, 4) is 23.5 Å².